The first-order valence-corrected chi connectivity index (χ1v) is 5.99. The van der Waals surface area contributed by atoms with Crippen LogP contribution in [0.1, 0.15) is 37.6 Å². The van der Waals surface area contributed by atoms with Crippen LogP contribution in [-0.4, -0.2) is 18.1 Å². The van der Waals surface area contributed by atoms with Gasteiger partial charge in [0.05, 0.1) is 5.56 Å². The summed E-state index contributed by atoms with van der Waals surface area (Å²) in [4.78, 5) is 6.61. The molecule has 0 saturated heterocycles. The zero-order valence-corrected chi connectivity index (χ0v) is 11.6. The second-order valence-electron chi connectivity index (χ2n) is 4.99. The third-order valence-electron chi connectivity index (χ3n) is 3.35. The van der Waals surface area contributed by atoms with Gasteiger partial charge in [-0.1, -0.05) is 13.8 Å². The molecule has 0 saturated carbocycles. The number of aryl methyl sites for hydroxylation is 2. The predicted molar refractivity (Wildman–Crippen MR) is 71.1 cm³/mol. The van der Waals surface area contributed by atoms with E-state index >= 15 is 0 Å². The Labute approximate surface area is 104 Å². The number of pyridine rings is 1. The van der Waals surface area contributed by atoms with Gasteiger partial charge in [-0.2, -0.15) is 5.26 Å². The summed E-state index contributed by atoms with van der Waals surface area (Å²) in [6.45, 7) is 10.4. The van der Waals surface area contributed by atoms with Crippen LogP contribution in [0.3, 0.4) is 0 Å². The second kappa shape index (κ2) is 5.18. The van der Waals surface area contributed by atoms with Gasteiger partial charge in [-0.05, 0) is 38.3 Å². The lowest BCUT2D eigenvalue weighted by molar-refractivity contribution is 0.502. The number of rotatable bonds is 3. The molecule has 1 heterocycles. The average molecular weight is 231 g/mol. The Morgan fingerprint density at radius 1 is 1.29 bits per heavy atom. The van der Waals surface area contributed by atoms with Gasteiger partial charge in [0, 0.05) is 18.8 Å². The number of hydrogen-bond donors (Lipinski definition) is 0. The molecule has 0 bridgehead atoms. The van der Waals surface area contributed by atoms with Crippen molar-refractivity contribution >= 4 is 5.82 Å². The van der Waals surface area contributed by atoms with Gasteiger partial charge in [0.25, 0.3) is 0 Å². The molecule has 0 amide bonds. The van der Waals surface area contributed by atoms with E-state index < -0.39 is 0 Å². The highest BCUT2D eigenvalue weighted by Gasteiger charge is 2.19. The fraction of sp³-hybridized carbons (Fsp3) is 0.571. The fourth-order valence-electron chi connectivity index (χ4n) is 1.85. The Hall–Kier alpha value is -1.56. The largest absolute Gasteiger partial charge is 0.356 e. The molecule has 17 heavy (non-hydrogen) atoms. The molecular formula is C14H21N3. The van der Waals surface area contributed by atoms with Crippen LogP contribution in [0.25, 0.3) is 0 Å². The number of aromatic nitrogens is 1. The van der Waals surface area contributed by atoms with E-state index in [1.807, 2.05) is 27.0 Å². The van der Waals surface area contributed by atoms with Crippen molar-refractivity contribution in [3.05, 3.63) is 22.9 Å². The first-order chi connectivity index (χ1) is 7.88. The number of anilines is 1. The molecule has 3 nitrogen and oxygen atoms in total. The van der Waals surface area contributed by atoms with Crippen LogP contribution in [0.5, 0.6) is 0 Å². The lowest BCUT2D eigenvalue weighted by Gasteiger charge is -2.30. The quantitative estimate of drug-likeness (QED) is 0.802. The Morgan fingerprint density at radius 3 is 2.35 bits per heavy atom. The van der Waals surface area contributed by atoms with Crippen molar-refractivity contribution in [1.29, 1.82) is 5.26 Å². The Kier molecular flexibility index (Phi) is 4.11. The van der Waals surface area contributed by atoms with Gasteiger partial charge < -0.3 is 4.90 Å². The molecular weight excluding hydrogens is 210 g/mol. The standard InChI is InChI=1S/C14H21N3/c1-9(2)12(5)17(6)14-13(8-15)10(3)7-11(4)16-14/h7,9,12H,1-6H3. The van der Waals surface area contributed by atoms with Crippen molar-refractivity contribution in [2.75, 3.05) is 11.9 Å². The maximum atomic E-state index is 9.24. The van der Waals surface area contributed by atoms with Crippen LogP contribution in [0.2, 0.25) is 0 Å². The molecule has 1 unspecified atom stereocenters. The molecule has 0 aromatic carbocycles. The maximum Gasteiger partial charge on any atom is 0.147 e. The van der Waals surface area contributed by atoms with Gasteiger partial charge in [0.15, 0.2) is 0 Å². The highest BCUT2D eigenvalue weighted by molar-refractivity contribution is 5.58. The smallest absolute Gasteiger partial charge is 0.147 e. The minimum absolute atomic E-state index is 0.357. The molecule has 0 aliphatic rings. The van der Waals surface area contributed by atoms with Crippen molar-refractivity contribution in [3.63, 3.8) is 0 Å². The van der Waals surface area contributed by atoms with Crippen molar-refractivity contribution in [2.24, 2.45) is 5.92 Å². The summed E-state index contributed by atoms with van der Waals surface area (Å²) in [5.41, 5.74) is 2.64. The summed E-state index contributed by atoms with van der Waals surface area (Å²) in [5, 5.41) is 9.24. The third kappa shape index (κ3) is 2.76. The summed E-state index contributed by atoms with van der Waals surface area (Å²) < 4.78 is 0. The summed E-state index contributed by atoms with van der Waals surface area (Å²) >= 11 is 0. The molecule has 92 valence electrons. The van der Waals surface area contributed by atoms with Crippen LogP contribution >= 0.6 is 0 Å². The highest BCUT2D eigenvalue weighted by Crippen LogP contribution is 2.24. The minimum atomic E-state index is 0.357. The monoisotopic (exact) mass is 231 g/mol. The van der Waals surface area contributed by atoms with E-state index in [1.54, 1.807) is 0 Å². The Bertz CT molecular complexity index is 444. The van der Waals surface area contributed by atoms with Crippen LogP contribution < -0.4 is 4.90 Å². The molecule has 1 rings (SSSR count). The lowest BCUT2D eigenvalue weighted by atomic mass is 10.0. The highest BCUT2D eigenvalue weighted by atomic mass is 15.2. The summed E-state index contributed by atoms with van der Waals surface area (Å²) in [7, 11) is 2.01. The summed E-state index contributed by atoms with van der Waals surface area (Å²) in [6.07, 6.45) is 0. The summed E-state index contributed by atoms with van der Waals surface area (Å²) in [5.74, 6) is 1.32. The fourth-order valence-corrected chi connectivity index (χ4v) is 1.85. The van der Waals surface area contributed by atoms with Crippen LogP contribution in [0.4, 0.5) is 5.82 Å². The Morgan fingerprint density at radius 2 is 1.88 bits per heavy atom. The van der Waals surface area contributed by atoms with Gasteiger partial charge in [-0.25, -0.2) is 4.98 Å². The van der Waals surface area contributed by atoms with Gasteiger partial charge in [0.2, 0.25) is 0 Å². The summed E-state index contributed by atoms with van der Waals surface area (Å²) in [6, 6.07) is 4.57. The van der Waals surface area contributed by atoms with Crippen LogP contribution in [0, 0.1) is 31.1 Å². The number of nitriles is 1. The average Bonchev–Trinajstić information content (AvgIpc) is 2.25. The zero-order valence-electron chi connectivity index (χ0n) is 11.6. The van der Waals surface area contributed by atoms with E-state index in [-0.39, 0.29) is 0 Å². The molecule has 1 aromatic rings. The van der Waals surface area contributed by atoms with E-state index in [0.717, 1.165) is 17.1 Å². The SMILES string of the molecule is Cc1cc(C)c(C#N)c(N(C)C(C)C(C)C)n1. The number of hydrogen-bond acceptors (Lipinski definition) is 3. The van der Waals surface area contributed by atoms with Gasteiger partial charge in [0.1, 0.15) is 11.9 Å². The van der Waals surface area contributed by atoms with Gasteiger partial charge in [-0.15, -0.1) is 0 Å². The lowest BCUT2D eigenvalue weighted by Crippen LogP contribution is -2.34. The molecule has 0 N–H and O–H groups in total. The van der Waals surface area contributed by atoms with Crippen molar-refractivity contribution < 1.29 is 0 Å². The first-order valence-electron chi connectivity index (χ1n) is 5.99. The van der Waals surface area contributed by atoms with Crippen LogP contribution in [0.15, 0.2) is 6.07 Å². The molecule has 0 spiro atoms. The van der Waals surface area contributed by atoms with E-state index in [4.69, 9.17) is 0 Å². The molecule has 0 radical (unpaired) electrons. The molecule has 1 atom stereocenters. The topological polar surface area (TPSA) is 39.9 Å². The molecule has 1 aromatic heterocycles. The van der Waals surface area contributed by atoms with Gasteiger partial charge in [-0.3, -0.25) is 0 Å². The van der Waals surface area contributed by atoms with E-state index in [2.05, 4.69) is 36.7 Å². The molecule has 3 heteroatoms. The molecule has 0 aliphatic heterocycles. The van der Waals surface area contributed by atoms with Crippen LogP contribution in [-0.2, 0) is 0 Å². The maximum absolute atomic E-state index is 9.24. The first kappa shape index (κ1) is 13.5. The zero-order chi connectivity index (χ0) is 13.2. The second-order valence-corrected chi connectivity index (χ2v) is 4.99. The molecule has 0 fully saturated rings. The third-order valence-corrected chi connectivity index (χ3v) is 3.35. The minimum Gasteiger partial charge on any atom is -0.356 e. The van der Waals surface area contributed by atoms with Gasteiger partial charge >= 0.3 is 0 Å². The van der Waals surface area contributed by atoms with E-state index in [9.17, 15) is 5.26 Å². The van der Waals surface area contributed by atoms with E-state index in [1.165, 1.54) is 0 Å². The van der Waals surface area contributed by atoms with E-state index in [0.29, 0.717) is 17.5 Å². The molecule has 0 aliphatic carbocycles. The Balaban J connectivity index is 3.26. The normalized spacial score (nSPS) is 12.4. The van der Waals surface area contributed by atoms with Crippen molar-refractivity contribution in [2.45, 2.75) is 40.7 Å². The van der Waals surface area contributed by atoms with Crippen molar-refractivity contribution in [3.8, 4) is 6.07 Å². The number of nitrogens with zero attached hydrogens (tertiary/aromatic N) is 3. The van der Waals surface area contributed by atoms with Crippen molar-refractivity contribution in [1.82, 2.24) is 4.98 Å². The predicted octanol–water partition coefficient (Wildman–Crippen LogP) is 3.05.